The van der Waals surface area contributed by atoms with E-state index < -0.39 is 18.1 Å². The van der Waals surface area contributed by atoms with Gasteiger partial charge in [-0.2, -0.15) is 0 Å². The van der Waals surface area contributed by atoms with Gasteiger partial charge in [0.1, 0.15) is 0 Å². The zero-order chi connectivity index (χ0) is 29.9. The van der Waals surface area contributed by atoms with Gasteiger partial charge in [-0.25, -0.2) is 0 Å². The standard InChI is InChI=1S/C36H32N2O3Te.Pt/c1-35(2,3)24-14-16-37-30(19-24)23-10-9-11-26(18-23)41-27-21-29(31-20-25(15-17-38-31)36(4,5)6)34-28-12-7-8-13-32(28)42(39,40)33(34)22-27;/h7-17,19-20,22H,1-6H3;/q-2;+2. The van der Waals surface area contributed by atoms with Gasteiger partial charge in [0.15, 0.2) is 0 Å². The molecule has 0 atom stereocenters. The molecule has 0 saturated carbocycles. The van der Waals surface area contributed by atoms with Gasteiger partial charge in [0.2, 0.25) is 0 Å². The molecule has 0 amide bonds. The molecule has 0 aliphatic carbocycles. The van der Waals surface area contributed by atoms with Crippen LogP contribution in [0.2, 0.25) is 0 Å². The number of benzene rings is 3. The van der Waals surface area contributed by atoms with Crippen molar-refractivity contribution in [3.63, 3.8) is 0 Å². The van der Waals surface area contributed by atoms with Crippen LogP contribution in [0.5, 0.6) is 11.5 Å². The summed E-state index contributed by atoms with van der Waals surface area (Å²) in [5.41, 5.74) is 6.30. The van der Waals surface area contributed by atoms with E-state index in [4.69, 9.17) is 4.74 Å². The fourth-order valence-electron chi connectivity index (χ4n) is 5.14. The van der Waals surface area contributed by atoms with E-state index in [1.54, 1.807) is 30.5 Å². The van der Waals surface area contributed by atoms with Crippen LogP contribution < -0.4 is 12.0 Å². The molecule has 43 heavy (non-hydrogen) atoms. The molecule has 7 heteroatoms. The third-order valence-corrected chi connectivity index (χ3v) is 12.8. The van der Waals surface area contributed by atoms with E-state index in [1.165, 1.54) is 5.56 Å². The molecule has 0 saturated heterocycles. The Balaban J connectivity index is 0.00000368. The Morgan fingerprint density at radius 2 is 1.30 bits per heavy atom. The SMILES string of the molecule is CC(C)(C)c1ccnc(-c2[c-]c(Oc3[c-]c(-c4cc(C(C)(C)C)ccn4)c4c(c3)[Te](=O)(=O)c3ccccc3-4)ccc2)c1.[Pt+2]. The molecule has 5 nitrogen and oxygen atoms in total. The van der Waals surface area contributed by atoms with Gasteiger partial charge in [-0.1, -0.05) is 0 Å². The Morgan fingerprint density at radius 3 is 1.98 bits per heavy atom. The Labute approximate surface area is 271 Å². The van der Waals surface area contributed by atoms with Crippen molar-refractivity contribution in [2.45, 2.75) is 52.4 Å². The summed E-state index contributed by atoms with van der Waals surface area (Å²) >= 11 is -5.14. The smallest absolute Gasteiger partial charge is 2.00 e. The molecule has 0 spiro atoms. The van der Waals surface area contributed by atoms with Crippen molar-refractivity contribution >= 4 is 25.4 Å². The van der Waals surface area contributed by atoms with Gasteiger partial charge in [-0.15, -0.1) is 0 Å². The van der Waals surface area contributed by atoms with Crippen LogP contribution in [0.1, 0.15) is 52.7 Å². The van der Waals surface area contributed by atoms with Crippen LogP contribution in [0.3, 0.4) is 0 Å². The van der Waals surface area contributed by atoms with Crippen molar-refractivity contribution in [1.82, 2.24) is 9.97 Å². The zero-order valence-corrected chi connectivity index (χ0v) is 29.5. The third-order valence-electron chi connectivity index (χ3n) is 7.51. The number of fused-ring (bicyclic) bond motifs is 3. The fourth-order valence-corrected chi connectivity index (χ4v) is 9.99. The molecule has 0 fully saturated rings. The first kappa shape index (κ1) is 31.3. The largest absolute Gasteiger partial charge is 2.00 e. The Bertz CT molecular complexity index is 1950. The van der Waals surface area contributed by atoms with Gasteiger partial charge < -0.3 is 0 Å². The summed E-state index contributed by atoms with van der Waals surface area (Å²) < 4.78 is 34.7. The second kappa shape index (κ2) is 11.4. The Kier molecular flexibility index (Phi) is 8.29. The number of nitrogens with zero attached hydrogens (tertiary/aromatic N) is 2. The van der Waals surface area contributed by atoms with E-state index in [2.05, 4.69) is 69.7 Å². The summed E-state index contributed by atoms with van der Waals surface area (Å²) in [5, 5.41) is 0. The Morgan fingerprint density at radius 1 is 0.674 bits per heavy atom. The maximum absolute atomic E-state index is 13.8. The van der Waals surface area contributed by atoms with E-state index in [0.717, 1.165) is 16.8 Å². The van der Waals surface area contributed by atoms with Crippen LogP contribution in [0, 0.1) is 12.1 Å². The van der Waals surface area contributed by atoms with Crippen molar-refractivity contribution < 1.29 is 32.0 Å². The second-order valence-electron chi connectivity index (χ2n) is 12.6. The molecular weight excluding hydrogens is 831 g/mol. The average molecular weight is 863 g/mol. The van der Waals surface area contributed by atoms with Gasteiger partial charge in [0.25, 0.3) is 0 Å². The quantitative estimate of drug-likeness (QED) is 0.139. The number of aromatic nitrogens is 2. The van der Waals surface area contributed by atoms with Crippen LogP contribution in [-0.4, -0.2) is 28.1 Å². The van der Waals surface area contributed by atoms with Crippen molar-refractivity contribution in [3.05, 3.63) is 108 Å². The summed E-state index contributed by atoms with van der Waals surface area (Å²) in [4.78, 5) is 9.23. The van der Waals surface area contributed by atoms with Gasteiger partial charge >= 0.3 is 273 Å². The molecule has 3 heterocycles. The van der Waals surface area contributed by atoms with Crippen molar-refractivity contribution in [3.8, 4) is 45.1 Å². The average Bonchev–Trinajstić information content (AvgIpc) is 3.19. The molecule has 2 aromatic heterocycles. The molecule has 0 unspecified atom stereocenters. The number of hydrogen-bond acceptors (Lipinski definition) is 5. The topological polar surface area (TPSA) is 69.2 Å². The summed E-state index contributed by atoms with van der Waals surface area (Å²) in [6, 6.07) is 29.2. The van der Waals surface area contributed by atoms with Crippen molar-refractivity contribution in [2.75, 3.05) is 0 Å². The summed E-state index contributed by atoms with van der Waals surface area (Å²) in [5.74, 6) is 0.742. The first-order valence-corrected chi connectivity index (χ1v) is 18.1. The minimum Gasteiger partial charge on any atom is 2.00 e. The van der Waals surface area contributed by atoms with Crippen molar-refractivity contribution in [2.24, 2.45) is 0 Å². The number of ether oxygens (including phenoxy) is 1. The predicted octanol–water partition coefficient (Wildman–Crippen LogP) is 7.19. The third kappa shape index (κ3) is 5.99. The molecule has 220 valence electrons. The van der Waals surface area contributed by atoms with Crippen LogP contribution in [0.25, 0.3) is 33.6 Å². The zero-order valence-electron chi connectivity index (χ0n) is 24.9. The second-order valence-corrected chi connectivity index (χ2v) is 18.0. The minimum absolute atomic E-state index is 0. The van der Waals surface area contributed by atoms with Gasteiger partial charge in [-0.3, -0.25) is 0 Å². The van der Waals surface area contributed by atoms with E-state index in [-0.39, 0.29) is 31.9 Å². The molecular formula is C36H32N2O3PtTe. The summed E-state index contributed by atoms with van der Waals surface area (Å²) in [6.45, 7) is 12.9. The molecule has 0 bridgehead atoms. The minimum atomic E-state index is -5.14. The Hall–Kier alpha value is -3.16. The first-order valence-electron chi connectivity index (χ1n) is 13.9. The van der Waals surface area contributed by atoms with Gasteiger partial charge in [0.05, 0.1) is 0 Å². The molecule has 0 N–H and O–H groups in total. The van der Waals surface area contributed by atoms with Crippen molar-refractivity contribution in [1.29, 1.82) is 0 Å². The van der Waals surface area contributed by atoms with E-state index in [1.807, 2.05) is 48.7 Å². The van der Waals surface area contributed by atoms with Crippen LogP contribution in [-0.2, 0) is 38.1 Å². The molecule has 1 aliphatic rings. The molecule has 0 radical (unpaired) electrons. The monoisotopic (exact) mass is 865 g/mol. The van der Waals surface area contributed by atoms with E-state index >= 15 is 0 Å². The number of hydrogen-bond donors (Lipinski definition) is 0. The predicted molar refractivity (Wildman–Crippen MR) is 166 cm³/mol. The maximum Gasteiger partial charge on any atom is 2.00 e. The molecule has 1 aliphatic heterocycles. The first-order chi connectivity index (χ1) is 19.8. The van der Waals surface area contributed by atoms with Crippen LogP contribution in [0.15, 0.2) is 85.2 Å². The number of rotatable bonds is 4. The van der Waals surface area contributed by atoms with E-state index in [9.17, 15) is 6.21 Å². The van der Waals surface area contributed by atoms with Gasteiger partial charge in [0, 0.05) is 0 Å². The summed E-state index contributed by atoms with van der Waals surface area (Å²) in [6.07, 6.45) is 3.58. The number of pyridine rings is 2. The van der Waals surface area contributed by atoms with Gasteiger partial charge in [-0.05, 0) is 0 Å². The molecule has 3 aromatic carbocycles. The fraction of sp³-hybridized carbons (Fsp3) is 0.222. The normalized spacial score (nSPS) is 13.5. The van der Waals surface area contributed by atoms with E-state index in [0.29, 0.717) is 41.1 Å². The summed E-state index contributed by atoms with van der Waals surface area (Å²) in [7, 11) is 0. The maximum atomic E-state index is 13.8. The van der Waals surface area contributed by atoms with Crippen LogP contribution >= 0.6 is 0 Å². The molecule has 5 aromatic rings. The molecule has 6 rings (SSSR count). The van der Waals surface area contributed by atoms with Crippen LogP contribution in [0.4, 0.5) is 0 Å².